The molecule has 3 rings (SSSR count). The van der Waals surface area contributed by atoms with E-state index in [1.54, 1.807) is 42.1 Å². The van der Waals surface area contributed by atoms with Gasteiger partial charge in [0.15, 0.2) is 5.11 Å². The Bertz CT molecular complexity index is 1200. The molecular formula is C24H29FN4O3S2. The molecule has 0 aliphatic rings. The lowest BCUT2D eigenvalue weighted by Gasteiger charge is -2.30. The van der Waals surface area contributed by atoms with Gasteiger partial charge < -0.3 is 19.5 Å². The number of ether oxygens (including phenoxy) is 1. The van der Waals surface area contributed by atoms with E-state index in [2.05, 4.69) is 10.3 Å². The van der Waals surface area contributed by atoms with Gasteiger partial charge in [-0.2, -0.15) is 0 Å². The van der Waals surface area contributed by atoms with Crippen LogP contribution in [0.3, 0.4) is 0 Å². The second-order valence-corrected chi connectivity index (χ2v) is 10.3. The van der Waals surface area contributed by atoms with Crippen molar-refractivity contribution in [2.75, 3.05) is 19.0 Å². The van der Waals surface area contributed by atoms with Crippen molar-refractivity contribution in [3.63, 3.8) is 0 Å². The van der Waals surface area contributed by atoms with E-state index in [1.165, 1.54) is 12.1 Å². The highest BCUT2D eigenvalue weighted by molar-refractivity contribution is 7.90. The Labute approximate surface area is 205 Å². The zero-order chi connectivity index (χ0) is 24.7. The summed E-state index contributed by atoms with van der Waals surface area (Å²) in [5.41, 5.74) is 2.05. The number of imidazole rings is 1. The van der Waals surface area contributed by atoms with Crippen LogP contribution in [-0.2, 0) is 33.4 Å². The first-order valence-corrected chi connectivity index (χ1v) is 12.9. The largest absolute Gasteiger partial charge is 0.383 e. The molecular weight excluding hydrogens is 475 g/mol. The summed E-state index contributed by atoms with van der Waals surface area (Å²) in [6.07, 6.45) is 1.57. The molecule has 7 nitrogen and oxygen atoms in total. The second-order valence-electron chi connectivity index (χ2n) is 8.08. The maximum absolute atomic E-state index is 13.2. The zero-order valence-electron chi connectivity index (χ0n) is 19.4. The lowest BCUT2D eigenvalue weighted by Crippen LogP contribution is -2.40. The molecule has 0 saturated carbocycles. The number of nitrogens with zero attached hydrogens (tertiary/aromatic N) is 3. The summed E-state index contributed by atoms with van der Waals surface area (Å²) in [7, 11) is -2.12. The Morgan fingerprint density at radius 3 is 2.47 bits per heavy atom. The van der Waals surface area contributed by atoms with Gasteiger partial charge in [-0.15, -0.1) is 0 Å². The molecule has 0 aliphatic heterocycles. The predicted octanol–water partition coefficient (Wildman–Crippen LogP) is 4.25. The van der Waals surface area contributed by atoms with Gasteiger partial charge in [-0.1, -0.05) is 30.3 Å². The Balaban J connectivity index is 1.87. The smallest absolute Gasteiger partial charge is 0.228 e. The molecule has 0 amide bonds. The van der Waals surface area contributed by atoms with E-state index in [1.807, 2.05) is 36.9 Å². The van der Waals surface area contributed by atoms with Gasteiger partial charge in [-0.25, -0.2) is 17.8 Å². The fourth-order valence-corrected chi connectivity index (χ4v) is 5.35. The van der Waals surface area contributed by atoms with E-state index >= 15 is 0 Å². The van der Waals surface area contributed by atoms with Gasteiger partial charge in [0, 0.05) is 25.4 Å². The summed E-state index contributed by atoms with van der Waals surface area (Å²) in [4.78, 5) is 6.21. The molecule has 2 aromatic carbocycles. The molecule has 0 fully saturated rings. The van der Waals surface area contributed by atoms with Crippen molar-refractivity contribution in [2.45, 2.75) is 43.9 Å². The number of benzene rings is 2. The lowest BCUT2D eigenvalue weighted by atomic mass is 10.2. The molecule has 0 saturated heterocycles. The maximum Gasteiger partial charge on any atom is 0.228 e. The summed E-state index contributed by atoms with van der Waals surface area (Å²) in [5, 5.41) is 3.57. The zero-order valence-corrected chi connectivity index (χ0v) is 21.1. The predicted molar refractivity (Wildman–Crippen MR) is 135 cm³/mol. The van der Waals surface area contributed by atoms with E-state index in [0.29, 0.717) is 41.8 Å². The summed E-state index contributed by atoms with van der Waals surface area (Å²) in [6.45, 7) is 4.97. The van der Waals surface area contributed by atoms with Crippen LogP contribution in [-0.4, -0.2) is 47.7 Å². The third-order valence-corrected chi connectivity index (χ3v) is 7.14. The Hall–Kier alpha value is -2.82. The van der Waals surface area contributed by atoms with E-state index in [4.69, 9.17) is 17.0 Å². The van der Waals surface area contributed by atoms with Crippen molar-refractivity contribution < 1.29 is 17.5 Å². The average Bonchev–Trinajstić information content (AvgIpc) is 3.21. The van der Waals surface area contributed by atoms with E-state index < -0.39 is 9.84 Å². The van der Waals surface area contributed by atoms with Crippen molar-refractivity contribution in [1.29, 1.82) is 0 Å². The van der Waals surface area contributed by atoms with Crippen LogP contribution in [0.2, 0.25) is 0 Å². The van der Waals surface area contributed by atoms with Crippen molar-refractivity contribution in [3.05, 3.63) is 77.9 Å². The lowest BCUT2D eigenvalue weighted by molar-refractivity contribution is 0.182. The number of methoxy groups -OCH3 is 1. The number of nitrogens with one attached hydrogen (secondary N) is 1. The number of anilines is 1. The fraction of sp³-hybridized carbons (Fsp3) is 0.333. The van der Waals surface area contributed by atoms with Crippen molar-refractivity contribution >= 4 is 32.9 Å². The molecule has 1 N–H and O–H groups in total. The molecule has 0 radical (unpaired) electrons. The molecule has 0 unspecified atom stereocenters. The van der Waals surface area contributed by atoms with Gasteiger partial charge in [0.05, 0.1) is 30.8 Å². The molecule has 1 heterocycles. The fourth-order valence-electron chi connectivity index (χ4n) is 3.44. The van der Waals surface area contributed by atoms with Crippen LogP contribution in [0, 0.1) is 5.82 Å². The normalized spacial score (nSPS) is 11.6. The van der Waals surface area contributed by atoms with Crippen molar-refractivity contribution in [3.8, 4) is 0 Å². The Morgan fingerprint density at radius 1 is 1.18 bits per heavy atom. The van der Waals surface area contributed by atoms with Crippen LogP contribution < -0.4 is 5.32 Å². The van der Waals surface area contributed by atoms with Crippen LogP contribution in [0.25, 0.3) is 0 Å². The number of hydrogen-bond donors (Lipinski definition) is 1. The van der Waals surface area contributed by atoms with Crippen molar-refractivity contribution in [2.24, 2.45) is 0 Å². The number of hydrogen-bond acceptors (Lipinski definition) is 5. The Kier molecular flexibility index (Phi) is 8.76. The average molecular weight is 505 g/mol. The minimum atomic E-state index is -3.69. The molecule has 0 aliphatic carbocycles. The van der Waals surface area contributed by atoms with Crippen molar-refractivity contribution in [1.82, 2.24) is 14.5 Å². The highest BCUT2D eigenvalue weighted by Crippen LogP contribution is 2.20. The van der Waals surface area contributed by atoms with Gasteiger partial charge in [0.2, 0.25) is 15.0 Å². The van der Waals surface area contributed by atoms with Gasteiger partial charge in [-0.3, -0.25) is 0 Å². The van der Waals surface area contributed by atoms with Crippen LogP contribution in [0.15, 0.2) is 66.0 Å². The highest BCUT2D eigenvalue weighted by Gasteiger charge is 2.25. The first-order chi connectivity index (χ1) is 16.2. The number of aromatic nitrogens is 2. The number of rotatable bonds is 10. The first kappa shape index (κ1) is 25.8. The van der Waals surface area contributed by atoms with E-state index in [0.717, 1.165) is 0 Å². The van der Waals surface area contributed by atoms with Crippen LogP contribution in [0.1, 0.15) is 25.1 Å². The SMILES string of the molecule is COCCn1c(CN(C(=S)Nc2ccc(F)cc2)C(C)C)cnc1S(=O)(=O)Cc1ccccc1. The third-order valence-electron chi connectivity index (χ3n) is 5.21. The molecule has 182 valence electrons. The molecule has 3 aromatic rings. The quantitative estimate of drug-likeness (QED) is 0.414. The topological polar surface area (TPSA) is 76.5 Å². The molecule has 10 heteroatoms. The van der Waals surface area contributed by atoms with Crippen LogP contribution in [0.4, 0.5) is 10.1 Å². The van der Waals surface area contributed by atoms with Gasteiger partial charge in [0.1, 0.15) is 5.82 Å². The van der Waals surface area contributed by atoms with Crippen LogP contribution >= 0.6 is 12.2 Å². The number of sulfone groups is 1. The standard InChI is InChI=1S/C24H29FN4O3S2/c1-18(2)29(23(33)27-21-11-9-20(25)10-12-21)16-22-15-26-24(28(22)13-14-32-3)34(30,31)17-19-7-5-4-6-8-19/h4-12,15,18H,13-14,16-17H2,1-3H3,(H,27,33). The molecule has 0 atom stereocenters. The minimum absolute atomic E-state index is 0.00419. The summed E-state index contributed by atoms with van der Waals surface area (Å²) in [5.74, 6) is -0.473. The first-order valence-electron chi connectivity index (χ1n) is 10.8. The highest BCUT2D eigenvalue weighted by atomic mass is 32.2. The third kappa shape index (κ3) is 6.62. The molecule has 0 spiro atoms. The molecule has 1 aromatic heterocycles. The summed E-state index contributed by atoms with van der Waals surface area (Å²) in [6, 6.07) is 15.0. The van der Waals surface area contributed by atoms with Crippen LogP contribution in [0.5, 0.6) is 0 Å². The summed E-state index contributed by atoms with van der Waals surface area (Å²) >= 11 is 5.61. The van der Waals surface area contributed by atoms with E-state index in [9.17, 15) is 12.8 Å². The second kappa shape index (κ2) is 11.5. The number of halogens is 1. The van der Waals surface area contributed by atoms with E-state index in [-0.39, 0.29) is 22.8 Å². The van der Waals surface area contributed by atoms with Gasteiger partial charge in [-0.05, 0) is 55.9 Å². The minimum Gasteiger partial charge on any atom is -0.383 e. The number of thiocarbonyl (C=S) groups is 1. The van der Waals surface area contributed by atoms with Gasteiger partial charge >= 0.3 is 0 Å². The monoisotopic (exact) mass is 504 g/mol. The Morgan fingerprint density at radius 2 is 1.85 bits per heavy atom. The molecule has 0 bridgehead atoms. The van der Waals surface area contributed by atoms with Gasteiger partial charge in [0.25, 0.3) is 0 Å². The summed E-state index contributed by atoms with van der Waals surface area (Å²) < 4.78 is 46.6. The maximum atomic E-state index is 13.2. The molecule has 34 heavy (non-hydrogen) atoms.